The lowest BCUT2D eigenvalue weighted by molar-refractivity contribution is 0.108. The molecule has 0 atom stereocenters. The number of benzene rings is 1. The lowest BCUT2D eigenvalue weighted by Crippen LogP contribution is -2.21. The standard InChI is InChI=1S/C23H24N6O/c1-28-14-19(12-26-28)16-3-2-4-17(9-16)23-24-10-18(11-25-23)20-13-27-29(15-20)21-5-7-22(30)8-6-21/h2-4,9-15,21-22,30H,5-8H2,1H3. The summed E-state index contributed by atoms with van der Waals surface area (Å²) in [5.74, 6) is 0.693. The van der Waals surface area contributed by atoms with Crippen LogP contribution in [0.4, 0.5) is 0 Å². The van der Waals surface area contributed by atoms with Crippen LogP contribution in [-0.2, 0) is 7.05 Å². The molecule has 1 N–H and O–H groups in total. The van der Waals surface area contributed by atoms with E-state index >= 15 is 0 Å². The van der Waals surface area contributed by atoms with Gasteiger partial charge in [0.2, 0.25) is 0 Å². The van der Waals surface area contributed by atoms with Gasteiger partial charge in [0.15, 0.2) is 5.82 Å². The molecule has 30 heavy (non-hydrogen) atoms. The van der Waals surface area contributed by atoms with Crippen molar-refractivity contribution in [3.8, 4) is 33.6 Å². The minimum Gasteiger partial charge on any atom is -0.393 e. The summed E-state index contributed by atoms with van der Waals surface area (Å²) in [5, 5.41) is 18.5. The van der Waals surface area contributed by atoms with Crippen molar-refractivity contribution in [2.45, 2.75) is 37.8 Å². The van der Waals surface area contributed by atoms with Crippen molar-refractivity contribution in [1.29, 1.82) is 0 Å². The Balaban J connectivity index is 1.35. The van der Waals surface area contributed by atoms with Gasteiger partial charge >= 0.3 is 0 Å². The summed E-state index contributed by atoms with van der Waals surface area (Å²) in [7, 11) is 1.91. The topological polar surface area (TPSA) is 81.7 Å². The molecule has 1 fully saturated rings. The third-order valence-electron chi connectivity index (χ3n) is 5.79. The second kappa shape index (κ2) is 7.84. The number of aryl methyl sites for hydroxylation is 1. The Kier molecular flexibility index (Phi) is 4.88. The van der Waals surface area contributed by atoms with E-state index in [1.165, 1.54) is 0 Å². The number of aliphatic hydroxyl groups excluding tert-OH is 1. The van der Waals surface area contributed by atoms with Gasteiger partial charge in [0.05, 0.1) is 24.5 Å². The van der Waals surface area contributed by atoms with E-state index in [-0.39, 0.29) is 6.10 Å². The van der Waals surface area contributed by atoms with E-state index < -0.39 is 0 Å². The van der Waals surface area contributed by atoms with Crippen LogP contribution in [0.15, 0.2) is 61.4 Å². The van der Waals surface area contributed by atoms with E-state index in [0.29, 0.717) is 11.9 Å². The van der Waals surface area contributed by atoms with Gasteiger partial charge in [-0.3, -0.25) is 9.36 Å². The van der Waals surface area contributed by atoms with E-state index in [4.69, 9.17) is 0 Å². The smallest absolute Gasteiger partial charge is 0.159 e. The molecular formula is C23H24N6O. The Hall–Kier alpha value is -3.32. The molecule has 7 heteroatoms. The number of aromatic nitrogens is 6. The van der Waals surface area contributed by atoms with Crippen LogP contribution in [0.25, 0.3) is 33.6 Å². The molecule has 0 unspecified atom stereocenters. The van der Waals surface area contributed by atoms with Crippen molar-refractivity contribution in [2.75, 3.05) is 0 Å². The molecule has 0 aliphatic heterocycles. The highest BCUT2D eigenvalue weighted by Gasteiger charge is 2.21. The summed E-state index contributed by atoms with van der Waals surface area (Å²) in [6.07, 6.45) is 14.9. The number of aliphatic hydroxyl groups is 1. The largest absolute Gasteiger partial charge is 0.393 e. The molecule has 0 radical (unpaired) electrons. The van der Waals surface area contributed by atoms with Crippen LogP contribution in [-0.4, -0.2) is 40.7 Å². The fraction of sp³-hybridized carbons (Fsp3) is 0.304. The highest BCUT2D eigenvalue weighted by atomic mass is 16.3. The van der Waals surface area contributed by atoms with Gasteiger partial charge in [-0.05, 0) is 37.3 Å². The summed E-state index contributed by atoms with van der Waals surface area (Å²) in [5.41, 5.74) is 5.09. The van der Waals surface area contributed by atoms with Gasteiger partial charge in [0.1, 0.15) is 0 Å². The normalized spacial score (nSPS) is 19.1. The highest BCUT2D eigenvalue weighted by Crippen LogP contribution is 2.30. The summed E-state index contributed by atoms with van der Waals surface area (Å²) in [4.78, 5) is 9.19. The van der Waals surface area contributed by atoms with Gasteiger partial charge in [-0.1, -0.05) is 18.2 Å². The fourth-order valence-corrected chi connectivity index (χ4v) is 4.04. The molecule has 152 valence electrons. The lowest BCUT2D eigenvalue weighted by atomic mass is 9.93. The Morgan fingerprint density at radius 1 is 0.800 bits per heavy atom. The van der Waals surface area contributed by atoms with E-state index in [0.717, 1.165) is 53.5 Å². The Labute approximate surface area is 175 Å². The molecule has 1 aliphatic rings. The number of hydrogen-bond donors (Lipinski definition) is 1. The van der Waals surface area contributed by atoms with Crippen molar-refractivity contribution in [2.24, 2.45) is 7.05 Å². The number of nitrogens with zero attached hydrogens (tertiary/aromatic N) is 6. The maximum absolute atomic E-state index is 9.71. The average molecular weight is 400 g/mol. The third kappa shape index (κ3) is 3.76. The highest BCUT2D eigenvalue weighted by molar-refractivity contribution is 5.70. The van der Waals surface area contributed by atoms with Crippen LogP contribution in [0.3, 0.4) is 0 Å². The molecule has 1 saturated carbocycles. The quantitative estimate of drug-likeness (QED) is 0.562. The number of rotatable bonds is 4. The van der Waals surface area contributed by atoms with Crippen LogP contribution in [0.1, 0.15) is 31.7 Å². The maximum atomic E-state index is 9.71. The van der Waals surface area contributed by atoms with Gasteiger partial charge in [0.25, 0.3) is 0 Å². The van der Waals surface area contributed by atoms with Crippen LogP contribution < -0.4 is 0 Å². The Morgan fingerprint density at radius 3 is 2.23 bits per heavy atom. The van der Waals surface area contributed by atoms with E-state index in [9.17, 15) is 5.11 Å². The van der Waals surface area contributed by atoms with Crippen LogP contribution >= 0.6 is 0 Å². The summed E-state index contributed by atoms with van der Waals surface area (Å²) < 4.78 is 3.81. The van der Waals surface area contributed by atoms with Crippen LogP contribution in [0.2, 0.25) is 0 Å². The van der Waals surface area contributed by atoms with Crippen molar-refractivity contribution in [3.05, 3.63) is 61.4 Å². The van der Waals surface area contributed by atoms with Gasteiger partial charge in [0, 0.05) is 54.1 Å². The predicted molar refractivity (Wildman–Crippen MR) is 114 cm³/mol. The summed E-state index contributed by atoms with van der Waals surface area (Å²) in [6, 6.07) is 8.54. The zero-order chi connectivity index (χ0) is 20.5. The molecule has 7 nitrogen and oxygen atoms in total. The molecule has 3 heterocycles. The zero-order valence-electron chi connectivity index (χ0n) is 16.9. The van der Waals surface area contributed by atoms with Crippen LogP contribution in [0.5, 0.6) is 0 Å². The van der Waals surface area contributed by atoms with Crippen molar-refractivity contribution >= 4 is 0 Å². The fourth-order valence-electron chi connectivity index (χ4n) is 4.04. The van der Waals surface area contributed by atoms with Gasteiger partial charge in [-0.15, -0.1) is 0 Å². The summed E-state index contributed by atoms with van der Waals surface area (Å²) >= 11 is 0. The van der Waals surface area contributed by atoms with Gasteiger partial charge < -0.3 is 5.11 Å². The molecule has 0 amide bonds. The van der Waals surface area contributed by atoms with E-state index in [2.05, 4.69) is 38.5 Å². The molecule has 1 aliphatic carbocycles. The minimum absolute atomic E-state index is 0.158. The molecule has 3 aromatic heterocycles. The van der Waals surface area contributed by atoms with Crippen LogP contribution in [0, 0.1) is 0 Å². The Morgan fingerprint density at radius 2 is 1.50 bits per heavy atom. The molecule has 0 saturated heterocycles. The van der Waals surface area contributed by atoms with Gasteiger partial charge in [-0.25, -0.2) is 9.97 Å². The zero-order valence-corrected chi connectivity index (χ0v) is 16.9. The first-order valence-corrected chi connectivity index (χ1v) is 10.3. The molecular weight excluding hydrogens is 376 g/mol. The van der Waals surface area contributed by atoms with Crippen molar-refractivity contribution in [3.63, 3.8) is 0 Å². The number of hydrogen-bond acceptors (Lipinski definition) is 5. The average Bonchev–Trinajstić information content (AvgIpc) is 3.44. The predicted octanol–water partition coefficient (Wildman–Crippen LogP) is 3.88. The molecule has 0 spiro atoms. The summed E-state index contributed by atoms with van der Waals surface area (Å²) in [6.45, 7) is 0. The first-order valence-electron chi connectivity index (χ1n) is 10.3. The second-order valence-electron chi connectivity index (χ2n) is 7.95. The lowest BCUT2D eigenvalue weighted by Gasteiger charge is -2.25. The molecule has 4 aromatic rings. The minimum atomic E-state index is -0.158. The monoisotopic (exact) mass is 400 g/mol. The maximum Gasteiger partial charge on any atom is 0.159 e. The molecule has 1 aromatic carbocycles. The third-order valence-corrected chi connectivity index (χ3v) is 5.79. The van der Waals surface area contributed by atoms with Crippen molar-refractivity contribution < 1.29 is 5.11 Å². The van der Waals surface area contributed by atoms with E-state index in [1.54, 1.807) is 4.68 Å². The second-order valence-corrected chi connectivity index (χ2v) is 7.95. The first kappa shape index (κ1) is 18.7. The Bertz CT molecular complexity index is 1140. The molecule has 5 rings (SSSR count). The van der Waals surface area contributed by atoms with Crippen molar-refractivity contribution in [1.82, 2.24) is 29.5 Å². The van der Waals surface area contributed by atoms with E-state index in [1.807, 2.05) is 54.8 Å². The first-order chi connectivity index (χ1) is 14.7. The molecule has 0 bridgehead atoms. The SMILES string of the molecule is Cn1cc(-c2cccc(-c3ncc(-c4cnn(C5CCC(O)CC5)c4)cn3)c2)cn1. The van der Waals surface area contributed by atoms with Gasteiger partial charge in [-0.2, -0.15) is 10.2 Å².